The van der Waals surface area contributed by atoms with Gasteiger partial charge in [0, 0.05) is 23.7 Å². The predicted molar refractivity (Wildman–Crippen MR) is 91.5 cm³/mol. The van der Waals surface area contributed by atoms with Gasteiger partial charge in [-0.05, 0) is 36.8 Å². The van der Waals surface area contributed by atoms with Crippen LogP contribution in [0.15, 0.2) is 42.5 Å². The van der Waals surface area contributed by atoms with Gasteiger partial charge >= 0.3 is 0 Å². The lowest BCUT2D eigenvalue weighted by Crippen LogP contribution is -2.29. The smallest absolute Gasteiger partial charge is 0.254 e. The first kappa shape index (κ1) is 17.2. The Labute approximate surface area is 141 Å². The molecule has 0 fully saturated rings. The number of benzene rings is 2. The Morgan fingerprint density at radius 2 is 1.70 bits per heavy atom. The van der Waals surface area contributed by atoms with Crippen molar-refractivity contribution >= 4 is 17.5 Å². The second kappa shape index (κ2) is 7.38. The van der Waals surface area contributed by atoms with Gasteiger partial charge in [-0.3, -0.25) is 4.79 Å². The van der Waals surface area contributed by atoms with Crippen LogP contribution in [0, 0.1) is 0 Å². The molecule has 0 aliphatic carbocycles. The first-order valence-corrected chi connectivity index (χ1v) is 7.59. The Kier molecular flexibility index (Phi) is 5.50. The maximum atomic E-state index is 12.8. The van der Waals surface area contributed by atoms with Crippen molar-refractivity contribution in [2.45, 2.75) is 13.0 Å². The Balaban J connectivity index is 2.28. The fraction of sp³-hybridized carbons (Fsp3) is 0.278. The van der Waals surface area contributed by atoms with Gasteiger partial charge in [-0.25, -0.2) is 0 Å². The zero-order valence-corrected chi connectivity index (χ0v) is 14.4. The van der Waals surface area contributed by atoms with E-state index in [1.807, 2.05) is 31.2 Å². The third-order valence-corrected chi connectivity index (χ3v) is 4.07. The van der Waals surface area contributed by atoms with Crippen molar-refractivity contribution in [1.29, 1.82) is 0 Å². The number of methoxy groups -OCH3 is 2. The van der Waals surface area contributed by atoms with E-state index in [4.69, 9.17) is 21.1 Å². The van der Waals surface area contributed by atoms with Crippen LogP contribution in [0.3, 0.4) is 0 Å². The highest BCUT2D eigenvalue weighted by Gasteiger charge is 2.20. The maximum Gasteiger partial charge on any atom is 0.254 e. The molecule has 0 saturated carbocycles. The van der Waals surface area contributed by atoms with Crippen molar-refractivity contribution in [2.75, 3.05) is 21.3 Å². The minimum atomic E-state index is -0.116. The molecular weight excluding hydrogens is 314 g/mol. The lowest BCUT2D eigenvalue weighted by Gasteiger charge is -2.26. The van der Waals surface area contributed by atoms with Crippen molar-refractivity contribution in [2.24, 2.45) is 0 Å². The van der Waals surface area contributed by atoms with Gasteiger partial charge in [-0.1, -0.05) is 23.7 Å². The van der Waals surface area contributed by atoms with Crippen molar-refractivity contribution < 1.29 is 14.3 Å². The Bertz CT molecular complexity index is 680. The molecule has 0 aliphatic heterocycles. The van der Waals surface area contributed by atoms with E-state index < -0.39 is 0 Å². The number of hydrogen-bond donors (Lipinski definition) is 0. The molecule has 1 amide bonds. The summed E-state index contributed by atoms with van der Waals surface area (Å²) >= 11 is 6.03. The second-order valence-corrected chi connectivity index (χ2v) is 5.68. The molecule has 0 radical (unpaired) electrons. The summed E-state index contributed by atoms with van der Waals surface area (Å²) in [5.74, 6) is 1.04. The minimum Gasteiger partial charge on any atom is -0.497 e. The van der Waals surface area contributed by atoms with E-state index in [9.17, 15) is 4.79 Å². The SMILES string of the molecule is COc1cc(OC)cc(C(=O)N(C)C(C)c2cccc(Cl)c2)c1. The number of nitrogens with zero attached hydrogens (tertiary/aromatic N) is 1. The van der Waals surface area contributed by atoms with E-state index in [1.54, 1.807) is 44.4 Å². The highest BCUT2D eigenvalue weighted by atomic mass is 35.5. The molecule has 2 aromatic rings. The fourth-order valence-corrected chi connectivity index (χ4v) is 2.50. The standard InChI is InChI=1S/C18H20ClNO3/c1-12(13-6-5-7-15(19)8-13)20(2)18(21)14-9-16(22-3)11-17(10-14)23-4/h5-12H,1-4H3. The molecule has 23 heavy (non-hydrogen) atoms. The van der Waals surface area contributed by atoms with Crippen molar-refractivity contribution in [1.82, 2.24) is 4.90 Å². The predicted octanol–water partition coefficient (Wildman–Crippen LogP) is 4.19. The van der Waals surface area contributed by atoms with Gasteiger partial charge in [0.25, 0.3) is 5.91 Å². The molecule has 2 rings (SSSR count). The van der Waals surface area contributed by atoms with E-state index in [-0.39, 0.29) is 11.9 Å². The lowest BCUT2D eigenvalue weighted by atomic mass is 10.1. The van der Waals surface area contributed by atoms with Crippen molar-refractivity contribution in [3.05, 3.63) is 58.6 Å². The summed E-state index contributed by atoms with van der Waals surface area (Å²) < 4.78 is 10.4. The molecule has 0 aliphatic rings. The van der Waals surface area contributed by atoms with E-state index in [1.165, 1.54) is 0 Å². The van der Waals surface area contributed by atoms with Gasteiger partial charge in [0.2, 0.25) is 0 Å². The van der Waals surface area contributed by atoms with Crippen LogP contribution in [0.5, 0.6) is 11.5 Å². The third-order valence-electron chi connectivity index (χ3n) is 3.83. The van der Waals surface area contributed by atoms with Crippen LogP contribution in [0.4, 0.5) is 0 Å². The van der Waals surface area contributed by atoms with Gasteiger partial charge in [0.1, 0.15) is 11.5 Å². The molecule has 0 spiro atoms. The molecule has 1 atom stereocenters. The van der Waals surface area contributed by atoms with Crippen LogP contribution in [0.25, 0.3) is 0 Å². The molecule has 5 heteroatoms. The monoisotopic (exact) mass is 333 g/mol. The molecule has 0 bridgehead atoms. The summed E-state index contributed by atoms with van der Waals surface area (Å²) in [5.41, 5.74) is 1.49. The van der Waals surface area contributed by atoms with Crippen LogP contribution in [-0.4, -0.2) is 32.1 Å². The van der Waals surface area contributed by atoms with Gasteiger partial charge < -0.3 is 14.4 Å². The first-order valence-electron chi connectivity index (χ1n) is 7.22. The molecule has 0 aromatic heterocycles. The first-order chi connectivity index (χ1) is 11.0. The molecule has 0 saturated heterocycles. The number of carbonyl (C=O) groups is 1. The topological polar surface area (TPSA) is 38.8 Å². The van der Waals surface area contributed by atoms with Crippen LogP contribution in [-0.2, 0) is 0 Å². The molecule has 2 aromatic carbocycles. The number of ether oxygens (including phenoxy) is 2. The number of halogens is 1. The third kappa shape index (κ3) is 3.96. The Hall–Kier alpha value is -2.20. The molecule has 122 valence electrons. The minimum absolute atomic E-state index is 0.113. The van der Waals surface area contributed by atoms with E-state index >= 15 is 0 Å². The maximum absolute atomic E-state index is 12.8. The van der Waals surface area contributed by atoms with E-state index in [0.29, 0.717) is 22.1 Å². The highest BCUT2D eigenvalue weighted by molar-refractivity contribution is 6.30. The van der Waals surface area contributed by atoms with Gasteiger partial charge in [-0.2, -0.15) is 0 Å². The normalized spacial score (nSPS) is 11.7. The molecule has 4 nitrogen and oxygen atoms in total. The van der Waals surface area contributed by atoms with Crippen LogP contribution >= 0.6 is 11.6 Å². The Morgan fingerprint density at radius 1 is 1.09 bits per heavy atom. The summed E-state index contributed by atoms with van der Waals surface area (Å²) in [4.78, 5) is 14.4. The van der Waals surface area contributed by atoms with Crippen LogP contribution in [0.1, 0.15) is 28.9 Å². The summed E-state index contributed by atoms with van der Waals surface area (Å²) in [6.45, 7) is 1.96. The average molecular weight is 334 g/mol. The molecule has 0 heterocycles. The zero-order valence-electron chi connectivity index (χ0n) is 13.7. The molecular formula is C18H20ClNO3. The largest absolute Gasteiger partial charge is 0.497 e. The van der Waals surface area contributed by atoms with E-state index in [0.717, 1.165) is 5.56 Å². The second-order valence-electron chi connectivity index (χ2n) is 5.25. The number of hydrogen-bond acceptors (Lipinski definition) is 3. The Morgan fingerprint density at radius 3 is 2.22 bits per heavy atom. The van der Waals surface area contributed by atoms with Gasteiger partial charge in [0.05, 0.1) is 20.3 Å². The van der Waals surface area contributed by atoms with Gasteiger partial charge in [0.15, 0.2) is 0 Å². The summed E-state index contributed by atoms with van der Waals surface area (Å²) in [6, 6.07) is 12.5. The highest BCUT2D eigenvalue weighted by Crippen LogP contribution is 2.27. The number of rotatable bonds is 5. The quantitative estimate of drug-likeness (QED) is 0.823. The van der Waals surface area contributed by atoms with Crippen molar-refractivity contribution in [3.63, 3.8) is 0 Å². The summed E-state index contributed by atoms with van der Waals surface area (Å²) in [5, 5.41) is 0.651. The molecule has 1 unspecified atom stereocenters. The van der Waals surface area contributed by atoms with Gasteiger partial charge in [-0.15, -0.1) is 0 Å². The number of amides is 1. The van der Waals surface area contributed by atoms with Crippen molar-refractivity contribution in [3.8, 4) is 11.5 Å². The average Bonchev–Trinajstić information content (AvgIpc) is 2.59. The molecule has 0 N–H and O–H groups in total. The summed E-state index contributed by atoms with van der Waals surface area (Å²) in [7, 11) is 4.88. The van der Waals surface area contributed by atoms with E-state index in [2.05, 4.69) is 0 Å². The fourth-order valence-electron chi connectivity index (χ4n) is 2.30. The van der Waals surface area contributed by atoms with Crippen LogP contribution < -0.4 is 9.47 Å². The summed E-state index contributed by atoms with van der Waals surface area (Å²) in [6.07, 6.45) is 0. The number of carbonyl (C=O) groups excluding carboxylic acids is 1. The zero-order chi connectivity index (χ0) is 17.0. The van der Waals surface area contributed by atoms with Crippen LogP contribution in [0.2, 0.25) is 5.02 Å². The lowest BCUT2D eigenvalue weighted by molar-refractivity contribution is 0.0742.